The van der Waals surface area contributed by atoms with Gasteiger partial charge in [-0.3, -0.25) is 0 Å². The van der Waals surface area contributed by atoms with Crippen molar-refractivity contribution in [3.8, 4) is 0 Å². The Morgan fingerprint density at radius 1 is 0.933 bits per heavy atom. The fourth-order valence-corrected chi connectivity index (χ4v) is 2.14. The first kappa shape index (κ1) is 12.3. The van der Waals surface area contributed by atoms with Crippen molar-refractivity contribution in [3.63, 3.8) is 0 Å². The van der Waals surface area contributed by atoms with E-state index in [1.807, 2.05) is 0 Å². The van der Waals surface area contributed by atoms with E-state index in [-0.39, 0.29) is 0 Å². The van der Waals surface area contributed by atoms with Crippen LogP contribution in [0.4, 0.5) is 0 Å². The molecule has 0 saturated heterocycles. The molecule has 0 aromatic heterocycles. The minimum Gasteiger partial charge on any atom is -0.0617 e. The number of benzene rings is 1. The normalized spacial score (nSPS) is 18.1. The quantitative estimate of drug-likeness (QED) is 0.564. The molecule has 84 valence electrons. The van der Waals surface area contributed by atoms with Crippen molar-refractivity contribution < 1.29 is 0 Å². The van der Waals surface area contributed by atoms with Crippen LogP contribution >= 0.6 is 0 Å². The monoisotopic (exact) mass is 204 g/mol. The zero-order chi connectivity index (χ0) is 11.3. The van der Waals surface area contributed by atoms with Crippen LogP contribution in [0.5, 0.6) is 0 Å². The van der Waals surface area contributed by atoms with Gasteiger partial charge >= 0.3 is 0 Å². The van der Waals surface area contributed by atoms with E-state index < -0.39 is 0 Å². The van der Waals surface area contributed by atoms with Gasteiger partial charge < -0.3 is 0 Å². The zero-order valence-electron chi connectivity index (χ0n) is 10.6. The largest absolute Gasteiger partial charge is 0.0617 e. The van der Waals surface area contributed by atoms with Gasteiger partial charge in [-0.05, 0) is 32.1 Å². The Labute approximate surface area is 94.7 Å². The second-order valence-corrected chi connectivity index (χ2v) is 5.53. The van der Waals surface area contributed by atoms with Gasteiger partial charge in [0.1, 0.15) is 0 Å². The molecule has 0 atom stereocenters. The van der Waals surface area contributed by atoms with Crippen LogP contribution in [0.25, 0.3) is 0 Å². The average Bonchev–Trinajstić information content (AvgIpc) is 2.50. The van der Waals surface area contributed by atoms with E-state index in [2.05, 4.69) is 52.0 Å². The van der Waals surface area contributed by atoms with Gasteiger partial charge in [-0.25, -0.2) is 0 Å². The van der Waals surface area contributed by atoms with Gasteiger partial charge in [0.25, 0.3) is 0 Å². The lowest BCUT2D eigenvalue weighted by atomic mass is 9.92. The van der Waals surface area contributed by atoms with E-state index in [9.17, 15) is 0 Å². The summed E-state index contributed by atoms with van der Waals surface area (Å²) in [6, 6.07) is 8.45. The van der Waals surface area contributed by atoms with Crippen molar-refractivity contribution in [1.29, 1.82) is 0 Å². The molecule has 0 radical (unpaired) electrons. The van der Waals surface area contributed by atoms with E-state index in [4.69, 9.17) is 0 Å². The van der Waals surface area contributed by atoms with Crippen LogP contribution in [-0.2, 0) is 0 Å². The van der Waals surface area contributed by atoms with Crippen molar-refractivity contribution in [2.45, 2.75) is 53.4 Å². The second-order valence-electron chi connectivity index (χ2n) is 5.53. The van der Waals surface area contributed by atoms with Gasteiger partial charge in [-0.15, -0.1) is 0 Å². The fourth-order valence-electron chi connectivity index (χ4n) is 2.14. The summed E-state index contributed by atoms with van der Waals surface area (Å²) in [5.74, 6) is 0. The van der Waals surface area contributed by atoms with Gasteiger partial charge in [0.2, 0.25) is 0 Å². The summed E-state index contributed by atoms with van der Waals surface area (Å²) in [6.07, 6.45) is 5.83. The van der Waals surface area contributed by atoms with Crippen molar-refractivity contribution in [2.75, 3.05) is 0 Å². The Bertz CT molecular complexity index is 271. The molecule has 1 fully saturated rings. The maximum atomic E-state index is 2.36. The third-order valence-electron chi connectivity index (χ3n) is 3.13. The standard InChI is InChI=1S/C8H10.C7H14/c1-7-4-3-5-8(2)6-7;1-7(2)5-3-4-6-7/h3-6H,1-2H3;3-6H2,1-2H3. The topological polar surface area (TPSA) is 0 Å². The van der Waals surface area contributed by atoms with Crippen LogP contribution in [0.2, 0.25) is 0 Å². The lowest BCUT2D eigenvalue weighted by Gasteiger charge is -2.13. The summed E-state index contributed by atoms with van der Waals surface area (Å²) in [6.45, 7) is 8.93. The lowest BCUT2D eigenvalue weighted by molar-refractivity contribution is 0.382. The predicted molar refractivity (Wildman–Crippen MR) is 68.2 cm³/mol. The number of rotatable bonds is 0. The van der Waals surface area contributed by atoms with Crippen molar-refractivity contribution in [3.05, 3.63) is 35.4 Å². The highest BCUT2D eigenvalue weighted by molar-refractivity contribution is 5.20. The highest BCUT2D eigenvalue weighted by atomic mass is 14.3. The highest BCUT2D eigenvalue weighted by Gasteiger charge is 2.21. The third-order valence-corrected chi connectivity index (χ3v) is 3.13. The molecular weight excluding hydrogens is 180 g/mol. The number of aryl methyl sites for hydroxylation is 2. The molecule has 0 unspecified atom stereocenters. The summed E-state index contributed by atoms with van der Waals surface area (Å²) in [4.78, 5) is 0. The van der Waals surface area contributed by atoms with Crippen LogP contribution in [-0.4, -0.2) is 0 Å². The lowest BCUT2D eigenvalue weighted by Crippen LogP contribution is -2.01. The van der Waals surface area contributed by atoms with Gasteiger partial charge in [0.05, 0.1) is 0 Å². The Balaban J connectivity index is 0.000000151. The van der Waals surface area contributed by atoms with Crippen LogP contribution in [0, 0.1) is 19.3 Å². The first-order chi connectivity index (χ1) is 6.99. The fraction of sp³-hybridized carbons (Fsp3) is 0.600. The average molecular weight is 204 g/mol. The summed E-state index contributed by atoms with van der Waals surface area (Å²) in [7, 11) is 0. The second kappa shape index (κ2) is 5.34. The summed E-state index contributed by atoms with van der Waals surface area (Å²) < 4.78 is 0. The Morgan fingerprint density at radius 2 is 1.40 bits per heavy atom. The van der Waals surface area contributed by atoms with E-state index >= 15 is 0 Å². The molecule has 0 heterocycles. The first-order valence-electron chi connectivity index (χ1n) is 6.03. The van der Waals surface area contributed by atoms with Crippen molar-refractivity contribution >= 4 is 0 Å². The van der Waals surface area contributed by atoms with E-state index in [0.717, 1.165) is 0 Å². The minimum absolute atomic E-state index is 0.694. The van der Waals surface area contributed by atoms with E-state index in [1.54, 1.807) is 0 Å². The van der Waals surface area contributed by atoms with Crippen molar-refractivity contribution in [1.82, 2.24) is 0 Å². The van der Waals surface area contributed by atoms with Crippen molar-refractivity contribution in [2.24, 2.45) is 5.41 Å². The van der Waals surface area contributed by atoms with Crippen LogP contribution in [0.1, 0.15) is 50.7 Å². The molecule has 0 N–H and O–H groups in total. The molecule has 2 rings (SSSR count). The van der Waals surface area contributed by atoms with Crippen LogP contribution in [0.3, 0.4) is 0 Å². The third kappa shape index (κ3) is 5.01. The Hall–Kier alpha value is -0.780. The SMILES string of the molecule is CC1(C)CCCC1.Cc1cccc(C)c1. The van der Waals surface area contributed by atoms with Gasteiger partial charge in [-0.2, -0.15) is 0 Å². The minimum atomic E-state index is 0.694. The molecule has 0 heteroatoms. The molecular formula is C15H24. The maximum absolute atomic E-state index is 2.36. The molecule has 0 bridgehead atoms. The first-order valence-corrected chi connectivity index (χ1v) is 6.03. The summed E-state index contributed by atoms with van der Waals surface area (Å²) in [5.41, 5.74) is 3.37. The number of hydrogen-bond donors (Lipinski definition) is 0. The summed E-state index contributed by atoms with van der Waals surface area (Å²) in [5, 5.41) is 0. The van der Waals surface area contributed by atoms with Crippen LogP contribution < -0.4 is 0 Å². The maximum Gasteiger partial charge on any atom is -0.0354 e. The molecule has 1 aromatic rings. The molecule has 0 amide bonds. The molecule has 0 spiro atoms. The van der Waals surface area contributed by atoms with Crippen LogP contribution in [0.15, 0.2) is 24.3 Å². The van der Waals surface area contributed by atoms with Gasteiger partial charge in [0, 0.05) is 0 Å². The zero-order valence-corrected chi connectivity index (χ0v) is 10.6. The molecule has 0 nitrogen and oxygen atoms in total. The molecule has 1 saturated carbocycles. The van der Waals surface area contributed by atoms with Gasteiger partial charge in [0.15, 0.2) is 0 Å². The van der Waals surface area contributed by atoms with E-state index in [1.165, 1.54) is 36.8 Å². The van der Waals surface area contributed by atoms with Gasteiger partial charge in [-0.1, -0.05) is 62.1 Å². The number of hydrogen-bond acceptors (Lipinski definition) is 0. The Kier molecular flexibility index (Phi) is 4.38. The molecule has 1 aromatic carbocycles. The molecule has 15 heavy (non-hydrogen) atoms. The molecule has 1 aliphatic carbocycles. The smallest absolute Gasteiger partial charge is 0.0354 e. The van der Waals surface area contributed by atoms with E-state index in [0.29, 0.717) is 5.41 Å². The molecule has 1 aliphatic rings. The predicted octanol–water partition coefficient (Wildman–Crippen LogP) is 4.89. The Morgan fingerprint density at radius 3 is 1.60 bits per heavy atom. The summed E-state index contributed by atoms with van der Waals surface area (Å²) >= 11 is 0. The highest BCUT2D eigenvalue weighted by Crippen LogP contribution is 2.36. The molecule has 0 aliphatic heterocycles.